The van der Waals surface area contributed by atoms with E-state index in [0.717, 1.165) is 6.20 Å². The third-order valence-corrected chi connectivity index (χ3v) is 1.01. The van der Waals surface area contributed by atoms with Crippen LogP contribution in [-0.2, 0) is 0 Å². The van der Waals surface area contributed by atoms with Gasteiger partial charge >= 0.3 is 0 Å². The summed E-state index contributed by atoms with van der Waals surface area (Å²) in [5.41, 5.74) is 0. The van der Waals surface area contributed by atoms with E-state index in [1.807, 2.05) is 6.92 Å². The zero-order valence-electron chi connectivity index (χ0n) is 8.02. The Morgan fingerprint density at radius 2 is 2.31 bits per heavy atom. The van der Waals surface area contributed by atoms with Crippen LogP contribution in [0.3, 0.4) is 0 Å². The largest absolute Gasteiger partial charge is 0.369 e. The van der Waals surface area contributed by atoms with Gasteiger partial charge in [-0.3, -0.25) is 10.1 Å². The second kappa shape index (κ2) is 5.99. The van der Waals surface area contributed by atoms with Crippen LogP contribution in [0.1, 0.15) is 6.92 Å². The molecule has 1 N–H and O–H groups in total. The van der Waals surface area contributed by atoms with Crippen LogP contribution in [0.25, 0.3) is 0 Å². The number of nitro groups is 1. The molecular formula is C7H14N4O2. The Kier molecular flexibility index (Phi) is 5.25. The van der Waals surface area contributed by atoms with Crippen molar-refractivity contribution in [1.29, 1.82) is 0 Å². The molecule has 0 unspecified atom stereocenters. The van der Waals surface area contributed by atoms with Gasteiger partial charge in [-0.25, -0.2) is 4.99 Å². The topological polar surface area (TPSA) is 70.8 Å². The first-order chi connectivity index (χ1) is 6.06. The highest BCUT2D eigenvalue weighted by atomic mass is 16.6. The Labute approximate surface area is 77.1 Å². The first kappa shape index (κ1) is 11.4. The molecule has 0 amide bonds. The van der Waals surface area contributed by atoms with E-state index in [2.05, 4.69) is 10.3 Å². The van der Waals surface area contributed by atoms with E-state index in [-0.39, 0.29) is 5.82 Å². The van der Waals surface area contributed by atoms with Crippen molar-refractivity contribution in [3.05, 3.63) is 22.1 Å². The van der Waals surface area contributed by atoms with Crippen LogP contribution in [-0.4, -0.2) is 36.8 Å². The van der Waals surface area contributed by atoms with Crippen molar-refractivity contribution in [3.63, 3.8) is 0 Å². The number of nitrogens with one attached hydrogen (secondary N) is 1. The third-order valence-electron chi connectivity index (χ3n) is 1.01. The molecule has 0 bridgehead atoms. The van der Waals surface area contributed by atoms with Gasteiger partial charge in [0.25, 0.3) is 6.20 Å². The van der Waals surface area contributed by atoms with Crippen molar-refractivity contribution in [3.8, 4) is 0 Å². The zero-order valence-corrected chi connectivity index (χ0v) is 8.02. The molecule has 0 fully saturated rings. The summed E-state index contributed by atoms with van der Waals surface area (Å²) < 4.78 is 0. The summed E-state index contributed by atoms with van der Waals surface area (Å²) in [4.78, 5) is 15.2. The third kappa shape index (κ3) is 6.79. The highest BCUT2D eigenvalue weighted by Crippen LogP contribution is 1.90. The summed E-state index contributed by atoms with van der Waals surface area (Å²) in [6.45, 7) is 2.45. The molecule has 0 rings (SSSR count). The lowest BCUT2D eigenvalue weighted by atomic mass is 10.6. The quantitative estimate of drug-likeness (QED) is 0.289. The van der Waals surface area contributed by atoms with Gasteiger partial charge in [0.05, 0.1) is 11.3 Å². The van der Waals surface area contributed by atoms with Crippen LogP contribution in [0.2, 0.25) is 0 Å². The van der Waals surface area contributed by atoms with Crippen molar-refractivity contribution in [1.82, 2.24) is 10.2 Å². The fourth-order valence-electron chi connectivity index (χ4n) is 0.583. The van der Waals surface area contributed by atoms with E-state index in [1.165, 1.54) is 6.34 Å². The molecule has 0 aromatic carbocycles. The molecule has 0 saturated heterocycles. The first-order valence-corrected chi connectivity index (χ1v) is 3.86. The first-order valence-electron chi connectivity index (χ1n) is 3.86. The lowest BCUT2D eigenvalue weighted by molar-refractivity contribution is -0.403. The van der Waals surface area contributed by atoms with Crippen molar-refractivity contribution in [2.45, 2.75) is 6.92 Å². The molecule has 0 spiro atoms. The van der Waals surface area contributed by atoms with E-state index < -0.39 is 4.92 Å². The second-order valence-electron chi connectivity index (χ2n) is 2.54. The van der Waals surface area contributed by atoms with E-state index in [1.54, 1.807) is 19.0 Å². The van der Waals surface area contributed by atoms with E-state index in [4.69, 9.17) is 0 Å². The molecule has 0 aromatic rings. The van der Waals surface area contributed by atoms with Crippen molar-refractivity contribution >= 4 is 6.34 Å². The molecular weight excluding hydrogens is 172 g/mol. The summed E-state index contributed by atoms with van der Waals surface area (Å²) in [6.07, 6.45) is 2.33. The number of hydrogen-bond acceptors (Lipinski definition) is 4. The lowest BCUT2D eigenvalue weighted by Crippen LogP contribution is -2.15. The molecule has 13 heavy (non-hydrogen) atoms. The maximum atomic E-state index is 10.1. The van der Waals surface area contributed by atoms with Gasteiger partial charge in [0.2, 0.25) is 0 Å². The predicted molar refractivity (Wildman–Crippen MR) is 50.9 cm³/mol. The van der Waals surface area contributed by atoms with Crippen LogP contribution < -0.4 is 5.32 Å². The van der Waals surface area contributed by atoms with Gasteiger partial charge in [-0.15, -0.1) is 0 Å². The number of aliphatic imine (C=N–C) groups is 1. The van der Waals surface area contributed by atoms with Crippen LogP contribution >= 0.6 is 0 Å². The van der Waals surface area contributed by atoms with E-state index >= 15 is 0 Å². The SMILES string of the molecule is CCN/C(=C\[N+](=O)[O-])N=CN(C)C. The summed E-state index contributed by atoms with van der Waals surface area (Å²) >= 11 is 0. The average Bonchev–Trinajstić information content (AvgIpc) is 1.99. The highest BCUT2D eigenvalue weighted by molar-refractivity contribution is 5.55. The number of rotatable bonds is 5. The summed E-state index contributed by atoms with van der Waals surface area (Å²) in [5, 5.41) is 12.9. The number of hydrogen-bond donors (Lipinski definition) is 1. The molecule has 0 aliphatic carbocycles. The molecule has 0 radical (unpaired) electrons. The normalized spacial score (nSPS) is 11.8. The van der Waals surface area contributed by atoms with Crippen molar-refractivity contribution < 1.29 is 4.92 Å². The smallest absolute Gasteiger partial charge is 0.276 e. The average molecular weight is 186 g/mol. The van der Waals surface area contributed by atoms with Gasteiger partial charge in [-0.1, -0.05) is 0 Å². The minimum absolute atomic E-state index is 0.251. The molecule has 0 heterocycles. The summed E-state index contributed by atoms with van der Waals surface area (Å²) in [7, 11) is 3.58. The van der Waals surface area contributed by atoms with Gasteiger partial charge < -0.3 is 10.2 Å². The lowest BCUT2D eigenvalue weighted by Gasteiger charge is -2.03. The molecule has 6 heteroatoms. The predicted octanol–water partition coefficient (Wildman–Crippen LogP) is 0.261. The Morgan fingerprint density at radius 1 is 1.69 bits per heavy atom. The Morgan fingerprint density at radius 3 is 2.69 bits per heavy atom. The maximum absolute atomic E-state index is 10.1. The molecule has 0 atom stereocenters. The molecule has 0 aliphatic rings. The van der Waals surface area contributed by atoms with Gasteiger partial charge in [0.15, 0.2) is 5.82 Å². The minimum Gasteiger partial charge on any atom is -0.369 e. The van der Waals surface area contributed by atoms with E-state index in [0.29, 0.717) is 6.54 Å². The van der Waals surface area contributed by atoms with E-state index in [9.17, 15) is 10.1 Å². The minimum atomic E-state index is -0.537. The van der Waals surface area contributed by atoms with Crippen molar-refractivity contribution in [2.24, 2.45) is 4.99 Å². The summed E-state index contributed by atoms with van der Waals surface area (Å²) in [5.74, 6) is 0.251. The highest BCUT2D eigenvalue weighted by Gasteiger charge is 1.97. The van der Waals surface area contributed by atoms with Crippen LogP contribution in [0.5, 0.6) is 0 Å². The molecule has 0 saturated carbocycles. The fraction of sp³-hybridized carbons (Fsp3) is 0.571. The van der Waals surface area contributed by atoms with Gasteiger partial charge in [-0.2, -0.15) is 0 Å². The zero-order chi connectivity index (χ0) is 10.3. The Hall–Kier alpha value is -1.59. The standard InChI is InChI=1S/C7H14N4O2/c1-4-8-7(5-11(12)13)9-6-10(2)3/h5-6,8H,4H2,1-3H3/b7-5+,9-6?. The summed E-state index contributed by atoms with van der Waals surface area (Å²) in [6, 6.07) is 0. The van der Waals surface area contributed by atoms with Gasteiger partial charge in [0, 0.05) is 20.6 Å². The van der Waals surface area contributed by atoms with Gasteiger partial charge in [0.1, 0.15) is 0 Å². The molecule has 6 nitrogen and oxygen atoms in total. The maximum Gasteiger partial charge on any atom is 0.276 e. The van der Waals surface area contributed by atoms with Crippen molar-refractivity contribution in [2.75, 3.05) is 20.6 Å². The number of nitrogens with zero attached hydrogens (tertiary/aromatic N) is 3. The second-order valence-corrected chi connectivity index (χ2v) is 2.54. The molecule has 0 aliphatic heterocycles. The van der Waals surface area contributed by atoms with Crippen LogP contribution in [0, 0.1) is 10.1 Å². The fourth-order valence-corrected chi connectivity index (χ4v) is 0.583. The Bertz CT molecular complexity index is 223. The van der Waals surface area contributed by atoms with Crippen LogP contribution in [0.15, 0.2) is 17.0 Å². The van der Waals surface area contributed by atoms with Gasteiger partial charge in [-0.05, 0) is 6.92 Å². The van der Waals surface area contributed by atoms with Crippen LogP contribution in [0.4, 0.5) is 0 Å². The Balaban J connectivity index is 4.34. The molecule has 74 valence electrons. The monoisotopic (exact) mass is 186 g/mol. The molecule has 0 aromatic heterocycles.